The van der Waals surface area contributed by atoms with E-state index in [1.807, 2.05) is 6.07 Å². The maximum Gasteiger partial charge on any atom is 0.343 e. The Bertz CT molecular complexity index is 951. The Kier molecular flexibility index (Phi) is 3.50. The predicted octanol–water partition coefficient (Wildman–Crippen LogP) is 3.22. The first kappa shape index (κ1) is 16.0. The highest BCUT2D eigenvalue weighted by atomic mass is 16.5. The lowest BCUT2D eigenvalue weighted by molar-refractivity contribution is -0.123. The normalized spacial score (nSPS) is 27.9. The number of imide groups is 1. The van der Waals surface area contributed by atoms with Gasteiger partial charge in [-0.1, -0.05) is 36.4 Å². The van der Waals surface area contributed by atoms with E-state index in [0.29, 0.717) is 17.0 Å². The molecule has 0 N–H and O–H groups in total. The summed E-state index contributed by atoms with van der Waals surface area (Å²) in [7, 11) is 0. The summed E-state index contributed by atoms with van der Waals surface area (Å²) in [5.41, 5.74) is 0.733. The van der Waals surface area contributed by atoms with Gasteiger partial charge in [0.05, 0.1) is 23.1 Å². The molecule has 5 rings (SSSR count). The van der Waals surface area contributed by atoms with Crippen molar-refractivity contribution in [1.29, 1.82) is 0 Å². The molecule has 2 fully saturated rings. The highest BCUT2D eigenvalue weighted by Crippen LogP contribution is 2.53. The van der Waals surface area contributed by atoms with Crippen molar-refractivity contribution < 1.29 is 19.1 Å². The van der Waals surface area contributed by atoms with Crippen LogP contribution in [0.15, 0.2) is 66.7 Å². The second kappa shape index (κ2) is 5.91. The van der Waals surface area contributed by atoms with Crippen molar-refractivity contribution in [1.82, 2.24) is 0 Å². The van der Waals surface area contributed by atoms with Crippen LogP contribution < -0.4 is 9.64 Å². The number of benzene rings is 2. The average Bonchev–Trinajstić information content (AvgIpc) is 3.36. The molecular formula is C22H17NO4. The van der Waals surface area contributed by atoms with Gasteiger partial charge in [0.15, 0.2) is 0 Å². The van der Waals surface area contributed by atoms with Crippen LogP contribution in [0, 0.1) is 23.7 Å². The Morgan fingerprint density at radius 3 is 2.22 bits per heavy atom. The zero-order valence-corrected chi connectivity index (χ0v) is 14.4. The fourth-order valence-corrected chi connectivity index (χ4v) is 4.58. The van der Waals surface area contributed by atoms with Gasteiger partial charge in [-0.15, -0.1) is 0 Å². The molecule has 1 saturated heterocycles. The number of allylic oxidation sites excluding steroid dienone is 2. The summed E-state index contributed by atoms with van der Waals surface area (Å²) in [5, 5.41) is 0. The van der Waals surface area contributed by atoms with E-state index in [-0.39, 0.29) is 35.5 Å². The smallest absolute Gasteiger partial charge is 0.343 e. The van der Waals surface area contributed by atoms with E-state index in [9.17, 15) is 14.4 Å². The van der Waals surface area contributed by atoms with Crippen LogP contribution in [-0.2, 0) is 9.59 Å². The molecule has 1 aliphatic heterocycles. The Balaban J connectivity index is 1.42. The number of hydrogen-bond acceptors (Lipinski definition) is 4. The van der Waals surface area contributed by atoms with E-state index in [4.69, 9.17) is 4.74 Å². The molecule has 0 radical (unpaired) electrons. The molecule has 2 aliphatic carbocycles. The molecule has 0 aromatic heterocycles. The molecule has 2 aromatic rings. The van der Waals surface area contributed by atoms with Crippen LogP contribution in [0.2, 0.25) is 0 Å². The molecule has 5 heteroatoms. The molecule has 0 unspecified atom stereocenters. The number of anilines is 1. The van der Waals surface area contributed by atoms with Crippen molar-refractivity contribution in [3.63, 3.8) is 0 Å². The largest absolute Gasteiger partial charge is 0.423 e. The molecule has 4 atom stereocenters. The number of rotatable bonds is 3. The number of amides is 2. The van der Waals surface area contributed by atoms with Crippen LogP contribution in [0.1, 0.15) is 16.8 Å². The molecule has 1 saturated carbocycles. The molecule has 27 heavy (non-hydrogen) atoms. The summed E-state index contributed by atoms with van der Waals surface area (Å²) in [5.74, 6) is -0.589. The molecule has 2 aromatic carbocycles. The fourth-order valence-electron chi connectivity index (χ4n) is 4.58. The quantitative estimate of drug-likeness (QED) is 0.365. The van der Waals surface area contributed by atoms with Crippen molar-refractivity contribution >= 4 is 23.5 Å². The lowest BCUT2D eigenvalue weighted by atomic mass is 9.85. The van der Waals surface area contributed by atoms with Crippen LogP contribution in [-0.4, -0.2) is 17.8 Å². The highest BCUT2D eigenvalue weighted by Gasteiger charge is 2.59. The lowest BCUT2D eigenvalue weighted by Crippen LogP contribution is -2.33. The number of hydrogen-bond donors (Lipinski definition) is 0. The maximum absolute atomic E-state index is 12.9. The van der Waals surface area contributed by atoms with Crippen LogP contribution in [0.4, 0.5) is 5.69 Å². The van der Waals surface area contributed by atoms with Gasteiger partial charge in [0.1, 0.15) is 5.75 Å². The highest BCUT2D eigenvalue weighted by molar-refractivity contribution is 6.23. The van der Waals surface area contributed by atoms with E-state index in [2.05, 4.69) is 12.2 Å². The summed E-state index contributed by atoms with van der Waals surface area (Å²) < 4.78 is 5.35. The zero-order valence-electron chi connectivity index (χ0n) is 14.4. The fraction of sp³-hybridized carbons (Fsp3) is 0.227. The van der Waals surface area contributed by atoms with Gasteiger partial charge in [-0.3, -0.25) is 9.59 Å². The number of nitrogens with zero attached hydrogens (tertiary/aromatic N) is 1. The Morgan fingerprint density at radius 1 is 0.889 bits per heavy atom. The number of carbonyl (C=O) groups is 3. The monoisotopic (exact) mass is 359 g/mol. The molecule has 0 spiro atoms. The molecule has 2 amide bonds. The standard InChI is InChI=1S/C22H17NO4/c24-20-18-13-9-10-14(11-13)19(18)21(25)23(20)16-6-4-5-15(12-16)22(26)27-17-7-2-1-3-8-17/h1-10,12-14,18-19H,11H2/t13-,14-,18+,19+/m0/s1. The third kappa shape index (κ3) is 2.42. The molecule has 3 aliphatic rings. The first-order valence-electron chi connectivity index (χ1n) is 9.07. The van der Waals surface area contributed by atoms with Gasteiger partial charge in [0, 0.05) is 0 Å². The van der Waals surface area contributed by atoms with Gasteiger partial charge in [0.25, 0.3) is 0 Å². The number of ether oxygens (including phenoxy) is 1. The van der Waals surface area contributed by atoms with Crippen molar-refractivity contribution in [2.45, 2.75) is 6.42 Å². The molecule has 2 bridgehead atoms. The maximum atomic E-state index is 12.9. The second-order valence-electron chi connectivity index (χ2n) is 7.26. The summed E-state index contributed by atoms with van der Waals surface area (Å²) >= 11 is 0. The third-order valence-electron chi connectivity index (χ3n) is 5.76. The van der Waals surface area contributed by atoms with Crippen LogP contribution >= 0.6 is 0 Å². The van der Waals surface area contributed by atoms with Gasteiger partial charge in [-0.05, 0) is 48.6 Å². The van der Waals surface area contributed by atoms with E-state index in [1.54, 1.807) is 48.5 Å². The Labute approximate surface area is 156 Å². The SMILES string of the molecule is O=C(Oc1ccccc1)c1cccc(N2C(=O)[C@H]3[C@H](C2=O)[C@H]2C=C[C@H]3C2)c1. The minimum Gasteiger partial charge on any atom is -0.423 e. The van der Waals surface area contributed by atoms with Crippen LogP contribution in [0.25, 0.3) is 0 Å². The minimum absolute atomic E-state index is 0.157. The van der Waals surface area contributed by atoms with Crippen LogP contribution in [0.3, 0.4) is 0 Å². The molecule has 134 valence electrons. The Hall–Kier alpha value is -3.21. The third-order valence-corrected chi connectivity index (χ3v) is 5.76. The topological polar surface area (TPSA) is 63.7 Å². The van der Waals surface area contributed by atoms with E-state index in [1.165, 1.54) is 4.90 Å². The summed E-state index contributed by atoms with van der Waals surface area (Å²) in [4.78, 5) is 39.5. The van der Waals surface area contributed by atoms with E-state index < -0.39 is 5.97 Å². The molecular weight excluding hydrogens is 342 g/mol. The average molecular weight is 359 g/mol. The lowest BCUT2D eigenvalue weighted by Gasteiger charge is -2.18. The first-order valence-corrected chi connectivity index (χ1v) is 9.07. The summed E-state index contributed by atoms with van der Waals surface area (Å²) in [6, 6.07) is 15.3. The molecule has 1 heterocycles. The van der Waals surface area contributed by atoms with Gasteiger partial charge in [-0.25, -0.2) is 9.69 Å². The van der Waals surface area contributed by atoms with Gasteiger partial charge in [-0.2, -0.15) is 0 Å². The van der Waals surface area contributed by atoms with Crippen molar-refractivity contribution in [3.8, 4) is 5.75 Å². The number of fused-ring (bicyclic) bond motifs is 5. The Morgan fingerprint density at radius 2 is 1.56 bits per heavy atom. The zero-order chi connectivity index (χ0) is 18.5. The van der Waals surface area contributed by atoms with E-state index >= 15 is 0 Å². The van der Waals surface area contributed by atoms with Crippen molar-refractivity contribution in [2.75, 3.05) is 4.90 Å². The summed E-state index contributed by atoms with van der Waals surface area (Å²) in [6.07, 6.45) is 5.02. The number of carbonyl (C=O) groups excluding carboxylic acids is 3. The molecule has 5 nitrogen and oxygen atoms in total. The van der Waals surface area contributed by atoms with Gasteiger partial charge in [0.2, 0.25) is 11.8 Å². The first-order chi connectivity index (χ1) is 13.1. The van der Waals surface area contributed by atoms with Gasteiger partial charge >= 0.3 is 5.97 Å². The number of esters is 1. The summed E-state index contributed by atoms with van der Waals surface area (Å²) in [6.45, 7) is 0. The minimum atomic E-state index is -0.524. The van der Waals surface area contributed by atoms with Crippen LogP contribution in [0.5, 0.6) is 5.75 Å². The predicted molar refractivity (Wildman–Crippen MR) is 98.1 cm³/mol. The van der Waals surface area contributed by atoms with Crippen molar-refractivity contribution in [2.24, 2.45) is 23.7 Å². The van der Waals surface area contributed by atoms with E-state index in [0.717, 1.165) is 6.42 Å². The van der Waals surface area contributed by atoms with Crippen molar-refractivity contribution in [3.05, 3.63) is 72.3 Å². The second-order valence-corrected chi connectivity index (χ2v) is 7.26. The van der Waals surface area contributed by atoms with Gasteiger partial charge < -0.3 is 4.74 Å². The number of para-hydroxylation sites is 1.